The molecule has 1 saturated carbocycles. The predicted octanol–water partition coefficient (Wildman–Crippen LogP) is 4.72. The number of carbonyl (C=O) groups is 1. The maximum atomic E-state index is 13.1. The third-order valence-electron chi connectivity index (χ3n) is 5.63. The molecule has 0 aromatic heterocycles. The van der Waals surface area contributed by atoms with E-state index in [2.05, 4.69) is 37.9 Å². The molecular weight excluding hydrogens is 352 g/mol. The molecule has 1 aliphatic carbocycles. The monoisotopic (exact) mass is 390 g/mol. The number of anilines is 1. The number of amides is 1. The van der Waals surface area contributed by atoms with Crippen LogP contribution in [0.2, 0.25) is 0 Å². The van der Waals surface area contributed by atoms with Gasteiger partial charge in [0.15, 0.2) is 0 Å². The fourth-order valence-corrected chi connectivity index (χ4v) is 3.92. The van der Waals surface area contributed by atoms with E-state index < -0.39 is 5.60 Å². The van der Waals surface area contributed by atoms with Crippen molar-refractivity contribution < 1.29 is 14.3 Å². The first-order valence-corrected chi connectivity index (χ1v) is 10.9. The Morgan fingerprint density at radius 1 is 1.18 bits per heavy atom. The minimum Gasteiger partial charge on any atom is -0.492 e. The fraction of sp³-hybridized carbons (Fsp3) is 0.696. The number of ether oxygens (including phenoxy) is 2. The van der Waals surface area contributed by atoms with Gasteiger partial charge in [-0.1, -0.05) is 34.1 Å². The van der Waals surface area contributed by atoms with Gasteiger partial charge in [0.2, 0.25) is 0 Å². The van der Waals surface area contributed by atoms with Crippen molar-refractivity contribution >= 4 is 11.6 Å². The van der Waals surface area contributed by atoms with Crippen molar-refractivity contribution in [3.63, 3.8) is 0 Å². The van der Waals surface area contributed by atoms with Crippen molar-refractivity contribution in [3.05, 3.63) is 24.3 Å². The highest BCUT2D eigenvalue weighted by molar-refractivity contribution is 5.97. The zero-order chi connectivity index (χ0) is 20.4. The summed E-state index contributed by atoms with van der Waals surface area (Å²) >= 11 is 0. The van der Waals surface area contributed by atoms with Crippen LogP contribution in [0.25, 0.3) is 0 Å². The van der Waals surface area contributed by atoms with Crippen molar-refractivity contribution in [3.8, 4) is 5.75 Å². The first-order valence-electron chi connectivity index (χ1n) is 10.9. The molecule has 0 bridgehead atoms. The lowest BCUT2D eigenvalue weighted by molar-refractivity contribution is -0.148. The first kappa shape index (κ1) is 22.7. The second-order valence-corrected chi connectivity index (χ2v) is 7.90. The van der Waals surface area contributed by atoms with Gasteiger partial charge in [-0.25, -0.2) is 0 Å². The normalized spacial score (nSPS) is 22.2. The predicted molar refractivity (Wildman–Crippen MR) is 115 cm³/mol. The second-order valence-electron chi connectivity index (χ2n) is 7.90. The van der Waals surface area contributed by atoms with Crippen molar-refractivity contribution in [2.75, 3.05) is 38.2 Å². The molecule has 0 radical (unpaired) electrons. The van der Waals surface area contributed by atoms with Crippen LogP contribution in [0.1, 0.15) is 59.8 Å². The lowest BCUT2D eigenvalue weighted by atomic mass is 9.78. The number of nitrogens with zero attached hydrogens (tertiary/aromatic N) is 1. The van der Waals surface area contributed by atoms with Gasteiger partial charge in [0.25, 0.3) is 5.91 Å². The molecule has 0 heterocycles. The highest BCUT2D eigenvalue weighted by atomic mass is 16.5. The summed E-state index contributed by atoms with van der Waals surface area (Å²) in [6.45, 7) is 12.9. The lowest BCUT2D eigenvalue weighted by Crippen LogP contribution is -2.48. The van der Waals surface area contributed by atoms with Gasteiger partial charge in [-0.2, -0.15) is 0 Å². The molecule has 1 amide bonds. The van der Waals surface area contributed by atoms with Crippen LogP contribution in [-0.4, -0.2) is 49.3 Å². The molecule has 0 saturated heterocycles. The highest BCUT2D eigenvalue weighted by Gasteiger charge is 2.42. The Kier molecular flexibility index (Phi) is 9.26. The largest absolute Gasteiger partial charge is 0.492 e. The number of nitrogens with one attached hydrogen (secondary N) is 1. The second kappa shape index (κ2) is 11.4. The van der Waals surface area contributed by atoms with E-state index in [4.69, 9.17) is 9.47 Å². The maximum absolute atomic E-state index is 13.1. The summed E-state index contributed by atoms with van der Waals surface area (Å²) in [6.07, 6.45) is 4.73. The van der Waals surface area contributed by atoms with Crippen LogP contribution < -0.4 is 10.1 Å². The van der Waals surface area contributed by atoms with E-state index >= 15 is 0 Å². The summed E-state index contributed by atoms with van der Waals surface area (Å²) in [5.41, 5.74) is 0.103. The summed E-state index contributed by atoms with van der Waals surface area (Å²) < 4.78 is 11.9. The Hall–Kier alpha value is -1.59. The number of likely N-dealkylation sites (N-methyl/N-ethyl adjacent to an activating group) is 1. The molecule has 28 heavy (non-hydrogen) atoms. The molecule has 0 aliphatic heterocycles. The molecular formula is C23H38N2O3. The molecule has 0 unspecified atom stereocenters. The molecule has 1 fully saturated rings. The smallest absolute Gasteiger partial charge is 0.256 e. The molecule has 2 atom stereocenters. The Labute approximate surface area is 170 Å². The van der Waals surface area contributed by atoms with Crippen LogP contribution in [-0.2, 0) is 9.53 Å². The van der Waals surface area contributed by atoms with Gasteiger partial charge >= 0.3 is 0 Å². The third kappa shape index (κ3) is 6.49. The first-order chi connectivity index (χ1) is 13.5. The van der Waals surface area contributed by atoms with Gasteiger partial charge in [0, 0.05) is 18.8 Å². The molecule has 0 spiro atoms. The summed E-state index contributed by atoms with van der Waals surface area (Å²) in [5.74, 6) is 1.33. The van der Waals surface area contributed by atoms with E-state index in [0.717, 1.165) is 56.8 Å². The molecule has 2 rings (SSSR count). The van der Waals surface area contributed by atoms with E-state index in [1.807, 2.05) is 24.3 Å². The number of carbonyl (C=O) groups excluding carboxylic acids is 1. The summed E-state index contributed by atoms with van der Waals surface area (Å²) in [4.78, 5) is 15.4. The van der Waals surface area contributed by atoms with E-state index in [0.29, 0.717) is 19.1 Å². The van der Waals surface area contributed by atoms with Crippen molar-refractivity contribution in [1.82, 2.24) is 4.90 Å². The standard InChI is InChI=1S/C23H38N2O3/c1-5-16-28-23(14-8-9-19(4)18-23)22(26)24-20-10-12-21(13-11-20)27-17-15-25(6-2)7-3/h10-13,19H,5-9,14-18H2,1-4H3,(H,24,26)/t19-,23-/m0/s1. The van der Waals surface area contributed by atoms with E-state index in [-0.39, 0.29) is 5.91 Å². The minimum atomic E-state index is -0.688. The van der Waals surface area contributed by atoms with Crippen molar-refractivity contribution in [2.24, 2.45) is 5.92 Å². The van der Waals surface area contributed by atoms with Gasteiger partial charge in [-0.3, -0.25) is 4.79 Å². The van der Waals surface area contributed by atoms with Gasteiger partial charge in [-0.15, -0.1) is 0 Å². The minimum absolute atomic E-state index is 0.0114. The number of benzene rings is 1. The molecule has 5 heteroatoms. The lowest BCUT2D eigenvalue weighted by Gasteiger charge is -2.38. The number of hydrogen-bond acceptors (Lipinski definition) is 4. The topological polar surface area (TPSA) is 50.8 Å². The number of hydrogen-bond donors (Lipinski definition) is 1. The summed E-state index contributed by atoms with van der Waals surface area (Å²) in [5, 5.41) is 3.07. The van der Waals surface area contributed by atoms with Gasteiger partial charge in [-0.05, 0) is 69.0 Å². The number of rotatable bonds is 11. The Morgan fingerprint density at radius 3 is 2.50 bits per heavy atom. The van der Waals surface area contributed by atoms with Crippen LogP contribution in [0.15, 0.2) is 24.3 Å². The van der Waals surface area contributed by atoms with Crippen LogP contribution >= 0.6 is 0 Å². The average Bonchev–Trinajstić information content (AvgIpc) is 2.71. The molecule has 5 nitrogen and oxygen atoms in total. The van der Waals surface area contributed by atoms with Crippen LogP contribution in [0.4, 0.5) is 5.69 Å². The molecule has 1 aliphatic rings. The Morgan fingerprint density at radius 2 is 1.89 bits per heavy atom. The zero-order valence-corrected chi connectivity index (χ0v) is 18.1. The highest BCUT2D eigenvalue weighted by Crippen LogP contribution is 2.36. The van der Waals surface area contributed by atoms with Crippen LogP contribution in [0, 0.1) is 5.92 Å². The SMILES string of the molecule is CCCO[C@@]1(C(=O)Nc2ccc(OCCN(CC)CC)cc2)CCC[C@H](C)C1. The van der Waals surface area contributed by atoms with Crippen LogP contribution in [0.5, 0.6) is 5.75 Å². The summed E-state index contributed by atoms with van der Waals surface area (Å²) in [6, 6.07) is 7.65. The quantitative estimate of drug-likeness (QED) is 0.594. The van der Waals surface area contributed by atoms with E-state index in [1.54, 1.807) is 0 Å². The third-order valence-corrected chi connectivity index (χ3v) is 5.63. The van der Waals surface area contributed by atoms with E-state index in [9.17, 15) is 4.79 Å². The van der Waals surface area contributed by atoms with Gasteiger partial charge in [0.05, 0.1) is 0 Å². The van der Waals surface area contributed by atoms with Crippen molar-refractivity contribution in [2.45, 2.75) is 65.4 Å². The fourth-order valence-electron chi connectivity index (χ4n) is 3.92. The summed E-state index contributed by atoms with van der Waals surface area (Å²) in [7, 11) is 0. The Balaban J connectivity index is 1.93. The van der Waals surface area contributed by atoms with Gasteiger partial charge < -0.3 is 19.7 Å². The van der Waals surface area contributed by atoms with E-state index in [1.165, 1.54) is 6.42 Å². The Bertz CT molecular complexity index is 586. The van der Waals surface area contributed by atoms with Crippen LogP contribution in [0.3, 0.4) is 0 Å². The van der Waals surface area contributed by atoms with Crippen molar-refractivity contribution in [1.29, 1.82) is 0 Å². The zero-order valence-electron chi connectivity index (χ0n) is 18.1. The molecule has 158 valence electrons. The average molecular weight is 391 g/mol. The molecule has 1 aromatic rings. The molecule has 1 aromatic carbocycles. The van der Waals surface area contributed by atoms with Gasteiger partial charge in [0.1, 0.15) is 18.0 Å². The molecule has 1 N–H and O–H groups in total. The maximum Gasteiger partial charge on any atom is 0.256 e.